The van der Waals surface area contributed by atoms with E-state index in [-0.39, 0.29) is 11.5 Å². The lowest BCUT2D eigenvalue weighted by molar-refractivity contribution is -0.177. The van der Waals surface area contributed by atoms with E-state index >= 15 is 0 Å². The molecule has 2 aliphatic heterocycles. The topological polar surface area (TPSA) is 29.5 Å². The number of carbonyl (C=O) groups is 1. The zero-order valence-electron chi connectivity index (χ0n) is 12.2. The Bertz CT molecular complexity index is 322. The highest BCUT2D eigenvalue weighted by molar-refractivity contribution is 5.78. The predicted molar refractivity (Wildman–Crippen MR) is 74.9 cm³/mol. The van der Waals surface area contributed by atoms with Gasteiger partial charge in [-0.1, -0.05) is 32.6 Å². The van der Waals surface area contributed by atoms with Crippen molar-refractivity contribution in [3.63, 3.8) is 0 Å². The van der Waals surface area contributed by atoms with Crippen LogP contribution < -0.4 is 0 Å². The van der Waals surface area contributed by atoms with Crippen LogP contribution in [0.4, 0.5) is 0 Å². The zero-order valence-corrected chi connectivity index (χ0v) is 12.2. The van der Waals surface area contributed by atoms with Crippen LogP contribution in [0.25, 0.3) is 0 Å². The van der Waals surface area contributed by atoms with Gasteiger partial charge in [0.25, 0.3) is 0 Å². The molecule has 1 aliphatic carbocycles. The normalized spacial score (nSPS) is 28.4. The van der Waals surface area contributed by atoms with Crippen molar-refractivity contribution in [3.8, 4) is 0 Å². The minimum Gasteiger partial charge on any atom is -0.375 e. The highest BCUT2D eigenvalue weighted by atomic mass is 16.5. The summed E-state index contributed by atoms with van der Waals surface area (Å²) >= 11 is 0. The average Bonchev–Trinajstić information content (AvgIpc) is 2.89. The highest BCUT2D eigenvalue weighted by Crippen LogP contribution is 2.37. The summed E-state index contributed by atoms with van der Waals surface area (Å²) in [4.78, 5) is 14.6. The number of hydrogen-bond acceptors (Lipinski definition) is 2. The maximum atomic E-state index is 12.5. The fourth-order valence-corrected chi connectivity index (χ4v) is 4.08. The molecule has 1 saturated carbocycles. The first kappa shape index (κ1) is 13.4. The molecule has 1 spiro atoms. The standard InChI is InChI=1S/C16H27NO2/c1-13(12-14-4-2-3-5-14)15(18)17-9-6-16(7-10-17)8-11-19-16/h13-14H,2-12H2,1H3/t13-/m0/s1. The molecule has 0 aromatic carbocycles. The van der Waals surface area contributed by atoms with Gasteiger partial charge in [0.15, 0.2) is 0 Å². The Kier molecular flexibility index (Phi) is 3.84. The quantitative estimate of drug-likeness (QED) is 0.785. The van der Waals surface area contributed by atoms with Gasteiger partial charge in [0.05, 0.1) is 12.2 Å². The van der Waals surface area contributed by atoms with Crippen LogP contribution in [0.5, 0.6) is 0 Å². The molecule has 3 nitrogen and oxygen atoms in total. The van der Waals surface area contributed by atoms with E-state index in [1.807, 2.05) is 0 Å². The van der Waals surface area contributed by atoms with Gasteiger partial charge in [-0.25, -0.2) is 0 Å². The van der Waals surface area contributed by atoms with Gasteiger partial charge >= 0.3 is 0 Å². The van der Waals surface area contributed by atoms with Gasteiger partial charge in [0, 0.05) is 19.0 Å². The zero-order chi connectivity index (χ0) is 13.3. The summed E-state index contributed by atoms with van der Waals surface area (Å²) in [6, 6.07) is 0. The maximum absolute atomic E-state index is 12.5. The molecule has 3 rings (SSSR count). The van der Waals surface area contributed by atoms with Crippen LogP contribution in [0.2, 0.25) is 0 Å². The number of amides is 1. The number of likely N-dealkylation sites (tertiary alicyclic amines) is 1. The Morgan fingerprint density at radius 3 is 2.42 bits per heavy atom. The summed E-state index contributed by atoms with van der Waals surface area (Å²) in [6.45, 7) is 4.87. The molecule has 3 aliphatic rings. The lowest BCUT2D eigenvalue weighted by Gasteiger charge is -2.48. The lowest BCUT2D eigenvalue weighted by atomic mass is 9.84. The number of nitrogens with zero attached hydrogens (tertiary/aromatic N) is 1. The molecule has 0 N–H and O–H groups in total. The number of hydrogen-bond donors (Lipinski definition) is 0. The molecule has 19 heavy (non-hydrogen) atoms. The van der Waals surface area contributed by atoms with Crippen LogP contribution in [0.1, 0.15) is 58.3 Å². The van der Waals surface area contributed by atoms with E-state index in [4.69, 9.17) is 4.74 Å². The summed E-state index contributed by atoms with van der Waals surface area (Å²) < 4.78 is 5.72. The van der Waals surface area contributed by atoms with Crippen LogP contribution in [0, 0.1) is 11.8 Å². The van der Waals surface area contributed by atoms with Gasteiger partial charge in [-0.05, 0) is 31.6 Å². The molecular weight excluding hydrogens is 238 g/mol. The van der Waals surface area contributed by atoms with Crippen molar-refractivity contribution in [2.45, 2.75) is 63.9 Å². The Hall–Kier alpha value is -0.570. The van der Waals surface area contributed by atoms with Crippen LogP contribution in [0.3, 0.4) is 0 Å². The fourth-order valence-electron chi connectivity index (χ4n) is 4.08. The summed E-state index contributed by atoms with van der Waals surface area (Å²) in [5.41, 5.74) is 0.158. The summed E-state index contributed by atoms with van der Waals surface area (Å²) in [6.07, 6.45) is 9.83. The molecule has 1 amide bonds. The number of rotatable bonds is 3. The van der Waals surface area contributed by atoms with Crippen molar-refractivity contribution in [2.24, 2.45) is 11.8 Å². The van der Waals surface area contributed by atoms with Crippen molar-refractivity contribution in [2.75, 3.05) is 19.7 Å². The van der Waals surface area contributed by atoms with Crippen LogP contribution >= 0.6 is 0 Å². The van der Waals surface area contributed by atoms with Crippen LogP contribution in [-0.2, 0) is 9.53 Å². The first-order valence-electron chi connectivity index (χ1n) is 8.11. The number of carbonyl (C=O) groups excluding carboxylic acids is 1. The highest BCUT2D eigenvalue weighted by Gasteiger charge is 2.42. The second-order valence-corrected chi connectivity index (χ2v) is 6.89. The first-order valence-corrected chi connectivity index (χ1v) is 8.11. The summed E-state index contributed by atoms with van der Waals surface area (Å²) in [7, 11) is 0. The monoisotopic (exact) mass is 265 g/mol. The van der Waals surface area contributed by atoms with Gasteiger partial charge in [-0.2, -0.15) is 0 Å². The molecule has 0 radical (unpaired) electrons. The van der Waals surface area contributed by atoms with Crippen molar-refractivity contribution < 1.29 is 9.53 Å². The van der Waals surface area contributed by atoms with Crippen molar-refractivity contribution in [1.82, 2.24) is 4.90 Å². The van der Waals surface area contributed by atoms with Gasteiger partial charge < -0.3 is 9.64 Å². The van der Waals surface area contributed by atoms with E-state index in [1.165, 1.54) is 32.1 Å². The van der Waals surface area contributed by atoms with E-state index in [0.717, 1.165) is 44.9 Å². The molecule has 3 heteroatoms. The molecular formula is C16H27NO2. The SMILES string of the molecule is C[C@@H](CC1CCCC1)C(=O)N1CCC2(CCO2)CC1. The molecule has 0 aromatic rings. The van der Waals surface area contributed by atoms with E-state index in [9.17, 15) is 4.79 Å². The molecule has 0 bridgehead atoms. The van der Waals surface area contributed by atoms with Gasteiger partial charge in [-0.15, -0.1) is 0 Å². The third-order valence-corrected chi connectivity index (χ3v) is 5.54. The third kappa shape index (κ3) is 2.81. The average molecular weight is 265 g/mol. The predicted octanol–water partition coefficient (Wildman–Crippen LogP) is 2.98. The van der Waals surface area contributed by atoms with Gasteiger partial charge in [0.2, 0.25) is 5.91 Å². The minimum atomic E-state index is 0.158. The first-order chi connectivity index (χ1) is 9.19. The molecule has 3 fully saturated rings. The maximum Gasteiger partial charge on any atom is 0.225 e. The van der Waals surface area contributed by atoms with Crippen LogP contribution in [-0.4, -0.2) is 36.1 Å². The van der Waals surface area contributed by atoms with Crippen LogP contribution in [0.15, 0.2) is 0 Å². The van der Waals surface area contributed by atoms with E-state index in [1.54, 1.807) is 0 Å². The van der Waals surface area contributed by atoms with Gasteiger partial charge in [0.1, 0.15) is 0 Å². The largest absolute Gasteiger partial charge is 0.375 e. The summed E-state index contributed by atoms with van der Waals surface area (Å²) in [5, 5.41) is 0. The lowest BCUT2D eigenvalue weighted by Crippen LogP contribution is -2.54. The Morgan fingerprint density at radius 2 is 1.89 bits per heavy atom. The minimum absolute atomic E-state index is 0.158. The van der Waals surface area contributed by atoms with Gasteiger partial charge in [-0.3, -0.25) is 4.79 Å². The molecule has 108 valence electrons. The van der Waals surface area contributed by atoms with Crippen molar-refractivity contribution in [3.05, 3.63) is 0 Å². The molecule has 0 unspecified atom stereocenters. The summed E-state index contributed by atoms with van der Waals surface area (Å²) in [5.74, 6) is 1.42. The molecule has 2 heterocycles. The van der Waals surface area contributed by atoms with E-state index < -0.39 is 0 Å². The molecule has 2 saturated heterocycles. The second kappa shape index (κ2) is 5.43. The smallest absolute Gasteiger partial charge is 0.225 e. The van der Waals surface area contributed by atoms with Crippen molar-refractivity contribution in [1.29, 1.82) is 0 Å². The molecule has 0 aromatic heterocycles. The molecule has 1 atom stereocenters. The second-order valence-electron chi connectivity index (χ2n) is 6.89. The van der Waals surface area contributed by atoms with Crippen molar-refractivity contribution >= 4 is 5.91 Å². The van der Waals surface area contributed by atoms with E-state index in [0.29, 0.717) is 5.91 Å². The Balaban J connectivity index is 1.47. The fraction of sp³-hybridized carbons (Fsp3) is 0.938. The Labute approximate surface area is 116 Å². The van der Waals surface area contributed by atoms with E-state index in [2.05, 4.69) is 11.8 Å². The third-order valence-electron chi connectivity index (χ3n) is 5.54. The Morgan fingerprint density at radius 1 is 1.26 bits per heavy atom. The number of ether oxygens (including phenoxy) is 1. The number of piperidine rings is 1.